The van der Waals surface area contributed by atoms with Crippen LogP contribution in [0.5, 0.6) is 5.75 Å². The minimum absolute atomic E-state index is 0.146. The molecule has 3 rings (SSSR count). The molecular weight excluding hydrogens is 234 g/mol. The van der Waals surface area contributed by atoms with Gasteiger partial charge in [-0.3, -0.25) is 0 Å². The highest BCUT2D eigenvalue weighted by Crippen LogP contribution is 2.49. The summed E-state index contributed by atoms with van der Waals surface area (Å²) < 4.78 is 0. The fourth-order valence-electron chi connectivity index (χ4n) is 3.24. The van der Waals surface area contributed by atoms with Crippen molar-refractivity contribution in [2.24, 2.45) is 5.73 Å². The Kier molecular flexibility index (Phi) is 2.64. The Morgan fingerprint density at radius 3 is 2.47 bits per heavy atom. The summed E-state index contributed by atoms with van der Waals surface area (Å²) in [6.45, 7) is 4.27. The van der Waals surface area contributed by atoms with Crippen LogP contribution in [0.25, 0.3) is 0 Å². The predicted molar refractivity (Wildman–Crippen MR) is 77.3 cm³/mol. The van der Waals surface area contributed by atoms with E-state index in [1.54, 1.807) is 6.07 Å². The lowest BCUT2D eigenvalue weighted by molar-refractivity contribution is 0.400. The summed E-state index contributed by atoms with van der Waals surface area (Å²) in [7, 11) is 0. The number of fused-ring (bicyclic) bond motifs is 1. The van der Waals surface area contributed by atoms with Gasteiger partial charge in [-0.1, -0.05) is 43.3 Å². The SMILES string of the molecule is Cc1ccc(O)c2c1CC(C)(c1ccccc1)C2N. The Balaban J connectivity index is 2.16. The number of hydrogen-bond acceptors (Lipinski definition) is 2. The average Bonchev–Trinajstić information content (AvgIpc) is 2.70. The lowest BCUT2D eigenvalue weighted by Gasteiger charge is -2.30. The topological polar surface area (TPSA) is 46.2 Å². The zero-order valence-corrected chi connectivity index (χ0v) is 11.4. The normalized spacial score (nSPS) is 25.3. The Bertz CT molecular complexity index is 621. The molecule has 0 aromatic heterocycles. The van der Waals surface area contributed by atoms with Crippen LogP contribution in [0, 0.1) is 6.92 Å². The maximum Gasteiger partial charge on any atom is 0.120 e. The second-order valence-corrected chi connectivity index (χ2v) is 5.73. The van der Waals surface area contributed by atoms with Crippen LogP contribution in [0.2, 0.25) is 0 Å². The first-order valence-electron chi connectivity index (χ1n) is 6.66. The van der Waals surface area contributed by atoms with Crippen molar-refractivity contribution in [3.05, 3.63) is 64.7 Å². The Labute approximate surface area is 113 Å². The highest BCUT2D eigenvalue weighted by Gasteiger charge is 2.43. The van der Waals surface area contributed by atoms with Crippen molar-refractivity contribution in [3.63, 3.8) is 0 Å². The first kappa shape index (κ1) is 12.2. The van der Waals surface area contributed by atoms with Gasteiger partial charge in [-0.15, -0.1) is 0 Å². The van der Waals surface area contributed by atoms with Crippen molar-refractivity contribution < 1.29 is 5.11 Å². The Morgan fingerprint density at radius 2 is 1.84 bits per heavy atom. The molecule has 0 spiro atoms. The summed E-state index contributed by atoms with van der Waals surface area (Å²) in [5.74, 6) is 0.327. The molecule has 0 fully saturated rings. The number of rotatable bonds is 1. The van der Waals surface area contributed by atoms with Crippen LogP contribution in [-0.2, 0) is 11.8 Å². The molecule has 2 aromatic carbocycles. The molecule has 0 radical (unpaired) electrons. The first-order chi connectivity index (χ1) is 9.04. The number of hydrogen-bond donors (Lipinski definition) is 2. The van der Waals surface area contributed by atoms with Gasteiger partial charge in [-0.2, -0.15) is 0 Å². The van der Waals surface area contributed by atoms with Crippen molar-refractivity contribution in [2.75, 3.05) is 0 Å². The van der Waals surface area contributed by atoms with Crippen molar-refractivity contribution >= 4 is 0 Å². The minimum atomic E-state index is -0.162. The number of nitrogens with two attached hydrogens (primary N) is 1. The molecule has 2 nitrogen and oxygen atoms in total. The van der Waals surface area contributed by atoms with Gasteiger partial charge in [-0.05, 0) is 36.1 Å². The predicted octanol–water partition coefficient (Wildman–Crippen LogP) is 3.21. The molecule has 0 amide bonds. The molecule has 2 aromatic rings. The number of aromatic hydroxyl groups is 1. The third-order valence-corrected chi connectivity index (χ3v) is 4.54. The summed E-state index contributed by atoms with van der Waals surface area (Å²) in [5.41, 5.74) is 10.9. The van der Waals surface area contributed by atoms with E-state index in [-0.39, 0.29) is 11.5 Å². The summed E-state index contributed by atoms with van der Waals surface area (Å²) in [6.07, 6.45) is 0.883. The molecule has 98 valence electrons. The highest BCUT2D eigenvalue weighted by atomic mass is 16.3. The van der Waals surface area contributed by atoms with Gasteiger partial charge in [0.15, 0.2) is 0 Å². The van der Waals surface area contributed by atoms with E-state index in [9.17, 15) is 5.11 Å². The maximum atomic E-state index is 10.1. The molecule has 2 atom stereocenters. The van der Waals surface area contributed by atoms with Gasteiger partial charge in [0.25, 0.3) is 0 Å². The van der Waals surface area contributed by atoms with Crippen LogP contribution in [-0.4, -0.2) is 5.11 Å². The van der Waals surface area contributed by atoms with Gasteiger partial charge >= 0.3 is 0 Å². The maximum absolute atomic E-state index is 10.1. The van der Waals surface area contributed by atoms with Crippen molar-refractivity contribution in [1.82, 2.24) is 0 Å². The summed E-state index contributed by atoms with van der Waals surface area (Å²) in [6, 6.07) is 13.9. The summed E-state index contributed by atoms with van der Waals surface area (Å²) in [5, 5.41) is 10.1. The van der Waals surface area contributed by atoms with E-state index in [1.807, 2.05) is 24.3 Å². The van der Waals surface area contributed by atoms with Gasteiger partial charge in [0, 0.05) is 17.0 Å². The molecular formula is C17H19NO. The van der Waals surface area contributed by atoms with E-state index in [0.717, 1.165) is 12.0 Å². The fraction of sp³-hybridized carbons (Fsp3) is 0.294. The molecule has 0 heterocycles. The van der Waals surface area contributed by atoms with Crippen LogP contribution in [0.3, 0.4) is 0 Å². The molecule has 0 saturated carbocycles. The molecule has 19 heavy (non-hydrogen) atoms. The second-order valence-electron chi connectivity index (χ2n) is 5.73. The van der Waals surface area contributed by atoms with Crippen molar-refractivity contribution in [3.8, 4) is 5.75 Å². The Hall–Kier alpha value is -1.80. The molecule has 0 aliphatic heterocycles. The average molecular weight is 253 g/mol. The van der Waals surface area contributed by atoms with Crippen LogP contribution in [0.1, 0.15) is 35.2 Å². The van der Waals surface area contributed by atoms with Gasteiger partial charge in [-0.25, -0.2) is 0 Å². The molecule has 2 heteroatoms. The third kappa shape index (κ3) is 1.67. The van der Waals surface area contributed by atoms with E-state index in [4.69, 9.17) is 5.73 Å². The van der Waals surface area contributed by atoms with E-state index >= 15 is 0 Å². The van der Waals surface area contributed by atoms with E-state index in [1.165, 1.54) is 16.7 Å². The van der Waals surface area contributed by atoms with Crippen molar-refractivity contribution in [1.29, 1.82) is 0 Å². The van der Waals surface area contributed by atoms with Crippen molar-refractivity contribution in [2.45, 2.75) is 31.7 Å². The van der Waals surface area contributed by atoms with Gasteiger partial charge < -0.3 is 10.8 Å². The minimum Gasteiger partial charge on any atom is -0.508 e. The van der Waals surface area contributed by atoms with Gasteiger partial charge in [0.05, 0.1) is 0 Å². The monoisotopic (exact) mass is 253 g/mol. The largest absolute Gasteiger partial charge is 0.508 e. The fourth-order valence-corrected chi connectivity index (χ4v) is 3.24. The highest BCUT2D eigenvalue weighted by molar-refractivity contribution is 5.54. The first-order valence-corrected chi connectivity index (χ1v) is 6.66. The van der Waals surface area contributed by atoms with Crippen LogP contribution in [0.4, 0.5) is 0 Å². The molecule has 3 N–H and O–H groups in total. The quantitative estimate of drug-likeness (QED) is 0.819. The molecule has 1 aliphatic rings. The molecule has 2 unspecified atom stereocenters. The standard InChI is InChI=1S/C17H19NO/c1-11-8-9-14(19)15-13(11)10-17(2,16(15)18)12-6-4-3-5-7-12/h3-9,16,19H,10,18H2,1-2H3. The van der Waals surface area contributed by atoms with E-state index in [0.29, 0.717) is 5.75 Å². The molecule has 1 aliphatic carbocycles. The molecule has 0 bridgehead atoms. The lowest BCUT2D eigenvalue weighted by atomic mass is 9.77. The van der Waals surface area contributed by atoms with E-state index < -0.39 is 0 Å². The summed E-state index contributed by atoms with van der Waals surface area (Å²) >= 11 is 0. The van der Waals surface area contributed by atoms with Gasteiger partial charge in [0.1, 0.15) is 5.75 Å². The number of benzene rings is 2. The third-order valence-electron chi connectivity index (χ3n) is 4.54. The second kappa shape index (κ2) is 4.10. The van der Waals surface area contributed by atoms with Crippen LogP contribution in [0.15, 0.2) is 42.5 Å². The zero-order valence-electron chi connectivity index (χ0n) is 11.4. The Morgan fingerprint density at radius 1 is 1.16 bits per heavy atom. The smallest absolute Gasteiger partial charge is 0.120 e. The zero-order chi connectivity index (χ0) is 13.6. The molecule has 0 saturated heterocycles. The van der Waals surface area contributed by atoms with Gasteiger partial charge in [0.2, 0.25) is 0 Å². The summed E-state index contributed by atoms with van der Waals surface area (Å²) in [4.78, 5) is 0. The van der Waals surface area contributed by atoms with E-state index in [2.05, 4.69) is 26.0 Å². The van der Waals surface area contributed by atoms with Crippen LogP contribution < -0.4 is 5.73 Å². The lowest BCUT2D eigenvalue weighted by Crippen LogP contribution is -2.32. The number of phenols is 1. The van der Waals surface area contributed by atoms with Crippen LogP contribution >= 0.6 is 0 Å². The number of phenolic OH excluding ortho intramolecular Hbond substituents is 1. The number of aryl methyl sites for hydroxylation is 1.